The Labute approximate surface area is 285 Å². The number of alkyl halides is 1. The van der Waals surface area contributed by atoms with Crippen LogP contribution in [0, 0.1) is 24.0 Å². The number of pyridine rings is 1. The summed E-state index contributed by atoms with van der Waals surface area (Å²) >= 11 is 0. The molecule has 0 spiro atoms. The van der Waals surface area contributed by atoms with Crippen LogP contribution in [0.15, 0.2) is 42.5 Å². The van der Waals surface area contributed by atoms with Gasteiger partial charge in [-0.2, -0.15) is 9.97 Å². The number of hydrogen-bond donors (Lipinski definition) is 1. The van der Waals surface area contributed by atoms with Crippen LogP contribution in [-0.4, -0.2) is 98.1 Å². The molecular formula is C37H33F3N6O4. The van der Waals surface area contributed by atoms with Crippen molar-refractivity contribution in [3.63, 3.8) is 0 Å². The number of anilines is 1. The van der Waals surface area contributed by atoms with Crippen LogP contribution in [0.1, 0.15) is 38.2 Å². The van der Waals surface area contributed by atoms with Crippen LogP contribution in [0.3, 0.4) is 0 Å². The number of rotatable bonds is 4. The first kappa shape index (κ1) is 30.9. The first-order valence-corrected chi connectivity index (χ1v) is 16.8. The van der Waals surface area contributed by atoms with Crippen molar-refractivity contribution >= 4 is 33.6 Å². The average Bonchev–Trinajstić information content (AvgIpc) is 3.65. The lowest BCUT2D eigenvalue weighted by atomic mass is 9.93. The van der Waals surface area contributed by atoms with Crippen molar-refractivity contribution in [3.8, 4) is 35.5 Å². The zero-order valence-electron chi connectivity index (χ0n) is 27.2. The fraction of sp³-hybridized carbons (Fsp3) is 0.405. The van der Waals surface area contributed by atoms with Gasteiger partial charge < -0.3 is 19.5 Å². The molecule has 4 saturated heterocycles. The Kier molecular flexibility index (Phi) is 6.78. The van der Waals surface area contributed by atoms with Gasteiger partial charge in [-0.25, -0.2) is 22.9 Å². The number of amides is 1. The molecular weight excluding hydrogens is 649 g/mol. The Hall–Kier alpha value is -5.09. The van der Waals surface area contributed by atoms with Crippen LogP contribution in [0.25, 0.3) is 32.9 Å². The van der Waals surface area contributed by atoms with Crippen molar-refractivity contribution in [2.45, 2.75) is 68.5 Å². The molecule has 0 aliphatic carbocycles. The van der Waals surface area contributed by atoms with Crippen LogP contribution in [0.4, 0.5) is 23.8 Å². The molecule has 10 nitrogen and oxygen atoms in total. The van der Waals surface area contributed by atoms with Gasteiger partial charge >= 0.3 is 12.1 Å². The molecule has 5 unspecified atom stereocenters. The number of carboxylic acid groups (broad SMARTS) is 1. The van der Waals surface area contributed by atoms with Crippen LogP contribution >= 0.6 is 0 Å². The van der Waals surface area contributed by atoms with Gasteiger partial charge in [-0.05, 0) is 37.6 Å². The monoisotopic (exact) mass is 682 g/mol. The molecule has 13 heteroatoms. The van der Waals surface area contributed by atoms with E-state index in [1.165, 1.54) is 11.0 Å². The van der Waals surface area contributed by atoms with Crippen LogP contribution in [0.2, 0.25) is 0 Å². The molecule has 50 heavy (non-hydrogen) atoms. The van der Waals surface area contributed by atoms with E-state index in [1.807, 2.05) is 16.7 Å². The molecule has 4 fully saturated rings. The number of carbonyl (C=O) groups is 1. The number of aromatic nitrogens is 3. The van der Waals surface area contributed by atoms with E-state index in [4.69, 9.17) is 25.9 Å². The van der Waals surface area contributed by atoms with Crippen molar-refractivity contribution in [1.82, 2.24) is 24.8 Å². The first-order chi connectivity index (χ1) is 24.1. The Balaban J connectivity index is 1.25. The van der Waals surface area contributed by atoms with Gasteiger partial charge in [0.2, 0.25) is 5.88 Å². The minimum atomic E-state index is -1.01. The number of nitrogens with zero attached hydrogens (tertiary/aromatic N) is 6. The fourth-order valence-corrected chi connectivity index (χ4v) is 9.30. The molecule has 5 aliphatic heterocycles. The van der Waals surface area contributed by atoms with E-state index in [9.17, 15) is 14.3 Å². The lowest BCUT2D eigenvalue weighted by Crippen LogP contribution is -2.64. The van der Waals surface area contributed by atoms with E-state index >= 15 is 8.78 Å². The zero-order chi connectivity index (χ0) is 34.6. The van der Waals surface area contributed by atoms with Gasteiger partial charge in [-0.3, -0.25) is 9.80 Å². The van der Waals surface area contributed by atoms with Crippen molar-refractivity contribution < 1.29 is 32.5 Å². The van der Waals surface area contributed by atoms with Gasteiger partial charge in [0.05, 0.1) is 29.2 Å². The lowest BCUT2D eigenvalue weighted by Gasteiger charge is -2.47. The SMILES string of the molecule is C#Cc1c(F)ccc2cccc(-c3nc4c5c(nc(OCC67CC(=C)CN6C[C@H](F)C7)nc5c3F)N3CC5CCC(C3C(C)O4)N5C(=O)O)c12. The maximum absolute atomic E-state index is 17.2. The second-order valence-electron chi connectivity index (χ2n) is 14.2. The number of benzene rings is 2. The van der Waals surface area contributed by atoms with E-state index < -0.39 is 47.6 Å². The summed E-state index contributed by atoms with van der Waals surface area (Å²) in [6.07, 6.45) is 5.24. The van der Waals surface area contributed by atoms with Crippen molar-refractivity contribution in [1.29, 1.82) is 0 Å². The summed E-state index contributed by atoms with van der Waals surface area (Å²) in [5, 5.41) is 11.3. The van der Waals surface area contributed by atoms with Crippen molar-refractivity contribution in [3.05, 3.63) is 59.7 Å². The summed E-state index contributed by atoms with van der Waals surface area (Å²) in [5.74, 6) is 1.35. The van der Waals surface area contributed by atoms with Gasteiger partial charge in [0.1, 0.15) is 47.1 Å². The van der Waals surface area contributed by atoms with Crippen molar-refractivity contribution in [2.24, 2.45) is 0 Å². The zero-order valence-corrected chi connectivity index (χ0v) is 27.2. The van der Waals surface area contributed by atoms with E-state index in [1.54, 1.807) is 24.3 Å². The number of ether oxygens (including phenoxy) is 2. The third kappa shape index (κ3) is 4.40. The Morgan fingerprint density at radius 1 is 1.18 bits per heavy atom. The average molecular weight is 683 g/mol. The Morgan fingerprint density at radius 3 is 2.82 bits per heavy atom. The van der Waals surface area contributed by atoms with Gasteiger partial charge in [-0.15, -0.1) is 6.42 Å². The highest BCUT2D eigenvalue weighted by Crippen LogP contribution is 2.48. The van der Waals surface area contributed by atoms with Crippen LogP contribution in [-0.2, 0) is 0 Å². The van der Waals surface area contributed by atoms with Crippen molar-refractivity contribution in [2.75, 3.05) is 31.1 Å². The highest BCUT2D eigenvalue weighted by molar-refractivity contribution is 6.03. The van der Waals surface area contributed by atoms with Gasteiger partial charge in [-0.1, -0.05) is 42.3 Å². The van der Waals surface area contributed by atoms with E-state index in [0.29, 0.717) is 48.9 Å². The molecule has 2 aromatic carbocycles. The Morgan fingerprint density at radius 2 is 2.02 bits per heavy atom. The normalized spacial score (nSPS) is 28.4. The topological polar surface area (TPSA) is 104 Å². The predicted octanol–water partition coefficient (Wildman–Crippen LogP) is 5.71. The van der Waals surface area contributed by atoms with Crippen LogP contribution < -0.4 is 14.4 Å². The first-order valence-electron chi connectivity index (χ1n) is 16.8. The summed E-state index contributed by atoms with van der Waals surface area (Å²) < 4.78 is 59.7. The smallest absolute Gasteiger partial charge is 0.407 e. The molecule has 2 aromatic heterocycles. The molecule has 6 atom stereocenters. The maximum atomic E-state index is 17.2. The van der Waals surface area contributed by atoms with Gasteiger partial charge in [0.15, 0.2) is 5.82 Å². The quantitative estimate of drug-likeness (QED) is 0.214. The highest BCUT2D eigenvalue weighted by atomic mass is 19.1. The lowest BCUT2D eigenvalue weighted by molar-refractivity contribution is 0.0706. The molecule has 7 heterocycles. The third-order valence-corrected chi connectivity index (χ3v) is 11.2. The van der Waals surface area contributed by atoms with E-state index in [2.05, 4.69) is 17.5 Å². The third-order valence-electron chi connectivity index (χ3n) is 11.2. The van der Waals surface area contributed by atoms with Crippen LogP contribution in [0.5, 0.6) is 11.9 Å². The van der Waals surface area contributed by atoms with Gasteiger partial charge in [0.25, 0.3) is 0 Å². The summed E-state index contributed by atoms with van der Waals surface area (Å²) in [5.41, 5.74) is 0.309. The van der Waals surface area contributed by atoms with E-state index in [0.717, 1.165) is 5.57 Å². The van der Waals surface area contributed by atoms with E-state index in [-0.39, 0.29) is 65.2 Å². The second-order valence-corrected chi connectivity index (χ2v) is 14.2. The molecule has 256 valence electrons. The number of piperazine rings is 1. The standard InChI is InChI=1S/C37H33F3N6O4/c1-4-23-25(39)10-8-20-6-5-7-24(27(20)23)30-29(40)31-28-33(43-35(42-31)49-17-37-12-18(2)14-44(37)15-21(38)13-37)45-16-22-9-11-26(46(22)36(47)48)32(45)19(3)50-34(28)41-30/h1,5-8,10,19,21-22,26,32H,2,9,11-17H2,3H3,(H,47,48)/t19?,21-,22?,26?,32?,37?/m1/s1. The summed E-state index contributed by atoms with van der Waals surface area (Å²) in [6, 6.07) is 6.61. The minimum absolute atomic E-state index is 0.0291. The number of hydrogen-bond acceptors (Lipinski definition) is 8. The largest absolute Gasteiger partial charge is 0.472 e. The predicted molar refractivity (Wildman–Crippen MR) is 179 cm³/mol. The number of terminal acetylenes is 1. The summed E-state index contributed by atoms with van der Waals surface area (Å²) in [7, 11) is 0. The molecule has 0 saturated carbocycles. The molecule has 5 aliphatic rings. The number of fused-ring (bicyclic) bond motifs is 7. The number of halogens is 3. The molecule has 2 bridgehead atoms. The molecule has 4 aromatic rings. The summed E-state index contributed by atoms with van der Waals surface area (Å²) in [4.78, 5) is 32.1. The highest BCUT2D eigenvalue weighted by Gasteiger charge is 2.54. The maximum Gasteiger partial charge on any atom is 0.407 e. The molecule has 0 radical (unpaired) electrons. The molecule has 1 amide bonds. The summed E-state index contributed by atoms with van der Waals surface area (Å²) in [6.45, 7) is 7.17. The van der Waals surface area contributed by atoms with Gasteiger partial charge in [0, 0.05) is 37.0 Å². The second kappa shape index (κ2) is 11.0. The Bertz CT molecular complexity index is 2190. The molecule has 9 rings (SSSR count). The minimum Gasteiger partial charge on any atom is -0.472 e. The molecule has 1 N–H and O–H groups in total. The fourth-order valence-electron chi connectivity index (χ4n) is 9.30.